The summed E-state index contributed by atoms with van der Waals surface area (Å²) in [6.45, 7) is 1.77. The lowest BCUT2D eigenvalue weighted by atomic mass is 10.1. The molecule has 1 unspecified atom stereocenters. The number of rotatable bonds is 2. The molecular weight excluding hydrogens is 209 g/mol. The fourth-order valence-electron chi connectivity index (χ4n) is 0.970. The minimum absolute atomic E-state index is 0.256. The Morgan fingerprint density at radius 2 is 1.85 bits per heavy atom. The molecule has 0 aliphatic heterocycles. The standard InChI is InChI=1S/C9H7Cl2NO/c1-6(12-5-13)7-2-8(10)4-9(11)3-7/h2-4,6H,1H3. The summed E-state index contributed by atoms with van der Waals surface area (Å²) in [5.74, 6) is 0. The molecule has 1 rings (SSSR count). The number of isocyanates is 1. The van der Waals surface area contributed by atoms with Crippen LogP contribution >= 0.6 is 23.2 Å². The van der Waals surface area contributed by atoms with Crippen molar-refractivity contribution >= 4 is 29.3 Å². The Labute approximate surface area is 86.2 Å². The number of carbonyl (C=O) groups excluding carboxylic acids is 1. The number of halogens is 2. The van der Waals surface area contributed by atoms with Gasteiger partial charge in [0, 0.05) is 10.0 Å². The van der Waals surface area contributed by atoms with Crippen molar-refractivity contribution in [2.45, 2.75) is 13.0 Å². The van der Waals surface area contributed by atoms with Crippen molar-refractivity contribution in [2.24, 2.45) is 4.99 Å². The summed E-state index contributed by atoms with van der Waals surface area (Å²) in [4.78, 5) is 13.6. The molecule has 1 atom stereocenters. The van der Waals surface area contributed by atoms with Gasteiger partial charge in [0.25, 0.3) is 0 Å². The van der Waals surface area contributed by atoms with Crippen LogP contribution in [-0.2, 0) is 4.79 Å². The zero-order chi connectivity index (χ0) is 9.84. The van der Waals surface area contributed by atoms with Gasteiger partial charge in [-0.15, -0.1) is 0 Å². The van der Waals surface area contributed by atoms with Gasteiger partial charge in [-0.1, -0.05) is 23.2 Å². The molecule has 0 N–H and O–H groups in total. The van der Waals surface area contributed by atoms with Crippen LogP contribution in [-0.4, -0.2) is 6.08 Å². The molecule has 0 fully saturated rings. The molecular formula is C9H7Cl2NO. The number of hydrogen-bond acceptors (Lipinski definition) is 2. The molecule has 0 heterocycles. The molecule has 0 radical (unpaired) electrons. The van der Waals surface area contributed by atoms with E-state index in [4.69, 9.17) is 23.2 Å². The fourth-order valence-corrected chi connectivity index (χ4v) is 1.51. The maximum Gasteiger partial charge on any atom is 0.235 e. The van der Waals surface area contributed by atoms with Crippen LogP contribution in [0.2, 0.25) is 10.0 Å². The molecule has 68 valence electrons. The molecule has 0 bridgehead atoms. The summed E-state index contributed by atoms with van der Waals surface area (Å²) in [5, 5.41) is 1.07. The SMILES string of the molecule is CC(N=C=O)c1cc(Cl)cc(Cl)c1. The lowest BCUT2D eigenvalue weighted by Gasteiger charge is -2.05. The van der Waals surface area contributed by atoms with E-state index < -0.39 is 0 Å². The predicted molar refractivity (Wildman–Crippen MR) is 53.0 cm³/mol. The Morgan fingerprint density at radius 3 is 2.31 bits per heavy atom. The second-order valence-corrected chi connectivity index (χ2v) is 3.47. The average Bonchev–Trinajstić information content (AvgIpc) is 2.03. The zero-order valence-corrected chi connectivity index (χ0v) is 8.43. The minimum atomic E-state index is -0.256. The zero-order valence-electron chi connectivity index (χ0n) is 6.92. The van der Waals surface area contributed by atoms with Crippen molar-refractivity contribution in [1.29, 1.82) is 0 Å². The Kier molecular flexibility index (Phi) is 3.49. The highest BCUT2D eigenvalue weighted by Gasteiger charge is 2.05. The highest BCUT2D eigenvalue weighted by molar-refractivity contribution is 6.34. The van der Waals surface area contributed by atoms with Crippen LogP contribution in [0.1, 0.15) is 18.5 Å². The Balaban J connectivity index is 3.07. The summed E-state index contributed by atoms with van der Waals surface area (Å²) in [6.07, 6.45) is 1.49. The van der Waals surface area contributed by atoms with E-state index in [-0.39, 0.29) is 6.04 Å². The van der Waals surface area contributed by atoms with Crippen molar-refractivity contribution in [3.8, 4) is 0 Å². The molecule has 1 aromatic carbocycles. The fraction of sp³-hybridized carbons (Fsp3) is 0.222. The maximum absolute atomic E-state index is 10.0. The van der Waals surface area contributed by atoms with Gasteiger partial charge in [-0.2, -0.15) is 4.99 Å². The quantitative estimate of drug-likeness (QED) is 0.550. The van der Waals surface area contributed by atoms with Gasteiger partial charge in [-0.05, 0) is 30.7 Å². The number of benzene rings is 1. The topological polar surface area (TPSA) is 29.4 Å². The van der Waals surface area contributed by atoms with Crippen molar-refractivity contribution in [3.63, 3.8) is 0 Å². The molecule has 1 aromatic rings. The Hall–Kier alpha value is -0.820. The van der Waals surface area contributed by atoms with Crippen LogP contribution in [0.4, 0.5) is 0 Å². The van der Waals surface area contributed by atoms with Crippen LogP contribution < -0.4 is 0 Å². The van der Waals surface area contributed by atoms with Crippen LogP contribution in [0, 0.1) is 0 Å². The van der Waals surface area contributed by atoms with Gasteiger partial charge in [0.1, 0.15) is 0 Å². The first-order chi connectivity index (χ1) is 6.13. The smallest absolute Gasteiger partial charge is 0.211 e. The van der Waals surface area contributed by atoms with Gasteiger partial charge in [0.2, 0.25) is 6.08 Å². The van der Waals surface area contributed by atoms with Crippen LogP contribution in [0.25, 0.3) is 0 Å². The predicted octanol–water partition coefficient (Wildman–Crippen LogP) is 3.39. The summed E-state index contributed by atoms with van der Waals surface area (Å²) in [7, 11) is 0. The van der Waals surface area contributed by atoms with Crippen LogP contribution in [0.3, 0.4) is 0 Å². The first-order valence-corrected chi connectivity index (χ1v) is 4.42. The molecule has 0 aliphatic rings. The minimum Gasteiger partial charge on any atom is -0.211 e. The summed E-state index contributed by atoms with van der Waals surface area (Å²) in [6, 6.07) is 4.82. The third kappa shape index (κ3) is 2.85. The molecule has 2 nitrogen and oxygen atoms in total. The first-order valence-electron chi connectivity index (χ1n) is 3.66. The van der Waals surface area contributed by atoms with E-state index in [2.05, 4.69) is 4.99 Å². The summed E-state index contributed by atoms with van der Waals surface area (Å²) < 4.78 is 0. The summed E-state index contributed by atoms with van der Waals surface area (Å²) >= 11 is 11.5. The monoisotopic (exact) mass is 215 g/mol. The first kappa shape index (κ1) is 10.3. The third-order valence-corrected chi connectivity index (χ3v) is 2.05. The van der Waals surface area contributed by atoms with E-state index in [1.165, 1.54) is 6.08 Å². The molecule has 0 spiro atoms. The van der Waals surface area contributed by atoms with Gasteiger partial charge in [-0.25, -0.2) is 4.79 Å². The normalized spacial score (nSPS) is 11.9. The van der Waals surface area contributed by atoms with Crippen LogP contribution in [0.5, 0.6) is 0 Å². The van der Waals surface area contributed by atoms with Gasteiger partial charge in [0.15, 0.2) is 0 Å². The van der Waals surface area contributed by atoms with E-state index in [9.17, 15) is 4.79 Å². The average molecular weight is 216 g/mol. The lowest BCUT2D eigenvalue weighted by Crippen LogP contribution is -1.88. The van der Waals surface area contributed by atoms with Crippen molar-refractivity contribution in [2.75, 3.05) is 0 Å². The second-order valence-electron chi connectivity index (χ2n) is 2.60. The summed E-state index contributed by atoms with van der Waals surface area (Å²) in [5.41, 5.74) is 0.806. The van der Waals surface area contributed by atoms with Gasteiger partial charge in [-0.3, -0.25) is 0 Å². The highest BCUT2D eigenvalue weighted by atomic mass is 35.5. The van der Waals surface area contributed by atoms with Crippen LogP contribution in [0.15, 0.2) is 23.2 Å². The number of hydrogen-bond donors (Lipinski definition) is 0. The maximum atomic E-state index is 10.0. The van der Waals surface area contributed by atoms with Gasteiger partial charge >= 0.3 is 0 Å². The van der Waals surface area contributed by atoms with E-state index in [1.54, 1.807) is 25.1 Å². The molecule has 0 saturated heterocycles. The lowest BCUT2D eigenvalue weighted by molar-refractivity contribution is 0.559. The second kappa shape index (κ2) is 4.43. The van der Waals surface area contributed by atoms with Crippen molar-refractivity contribution < 1.29 is 4.79 Å². The van der Waals surface area contributed by atoms with Gasteiger partial charge < -0.3 is 0 Å². The van der Waals surface area contributed by atoms with Gasteiger partial charge in [0.05, 0.1) is 6.04 Å². The third-order valence-electron chi connectivity index (χ3n) is 1.61. The van der Waals surface area contributed by atoms with E-state index in [0.717, 1.165) is 5.56 Å². The highest BCUT2D eigenvalue weighted by Crippen LogP contribution is 2.24. The largest absolute Gasteiger partial charge is 0.235 e. The molecule has 0 amide bonds. The Morgan fingerprint density at radius 1 is 1.31 bits per heavy atom. The van der Waals surface area contributed by atoms with E-state index in [0.29, 0.717) is 10.0 Å². The molecule has 13 heavy (non-hydrogen) atoms. The number of nitrogens with zero attached hydrogens (tertiary/aromatic N) is 1. The number of aliphatic imine (C=N–C) groups is 1. The molecule has 4 heteroatoms. The molecule has 0 aliphatic carbocycles. The van der Waals surface area contributed by atoms with E-state index >= 15 is 0 Å². The molecule has 0 saturated carbocycles. The van der Waals surface area contributed by atoms with E-state index in [1.807, 2.05) is 0 Å². The van der Waals surface area contributed by atoms with Crippen molar-refractivity contribution in [3.05, 3.63) is 33.8 Å². The molecule has 0 aromatic heterocycles. The van der Waals surface area contributed by atoms with Crippen molar-refractivity contribution in [1.82, 2.24) is 0 Å². The Bertz CT molecular complexity index is 338.